The lowest BCUT2D eigenvalue weighted by Crippen LogP contribution is -2.45. The number of nitrogens with one attached hydrogen (secondary N) is 2. The molecule has 16 heteroatoms. The van der Waals surface area contributed by atoms with E-state index in [1.807, 2.05) is 0 Å². The summed E-state index contributed by atoms with van der Waals surface area (Å²) in [6.07, 6.45) is -2.59. The van der Waals surface area contributed by atoms with Gasteiger partial charge in [-0.3, -0.25) is 23.7 Å². The Morgan fingerprint density at radius 2 is 2.10 bits per heavy atom. The molecular formula is C23H29N6O9P. The van der Waals surface area contributed by atoms with Crippen LogP contribution in [0.4, 0.5) is 5.95 Å². The fraction of sp³-hybridized carbons (Fsp3) is 0.391. The molecule has 1 aromatic carbocycles. The molecule has 4 rings (SSSR count). The van der Waals surface area contributed by atoms with Crippen molar-refractivity contribution in [1.29, 1.82) is 0 Å². The van der Waals surface area contributed by atoms with E-state index in [-0.39, 0.29) is 22.9 Å². The van der Waals surface area contributed by atoms with Gasteiger partial charge in [-0.15, -0.1) is 6.58 Å². The van der Waals surface area contributed by atoms with E-state index in [1.54, 1.807) is 32.0 Å². The summed E-state index contributed by atoms with van der Waals surface area (Å²) >= 11 is 0. The number of ether oxygens (including phenoxy) is 2. The Kier molecular flexibility index (Phi) is 8.20. The molecule has 15 nitrogen and oxygen atoms in total. The van der Waals surface area contributed by atoms with E-state index in [2.05, 4.69) is 26.6 Å². The van der Waals surface area contributed by atoms with Crippen molar-refractivity contribution in [3.8, 4) is 5.75 Å². The second kappa shape index (κ2) is 11.3. The number of aliphatic hydroxyl groups is 2. The van der Waals surface area contributed by atoms with Gasteiger partial charge in [0.1, 0.15) is 30.1 Å². The van der Waals surface area contributed by atoms with Gasteiger partial charge in [0, 0.05) is 0 Å². The zero-order valence-electron chi connectivity index (χ0n) is 21.1. The highest BCUT2D eigenvalue weighted by Gasteiger charge is 2.55. The number of hydrogen-bond donors (Lipinski definition) is 5. The van der Waals surface area contributed by atoms with E-state index in [9.17, 15) is 24.4 Å². The van der Waals surface area contributed by atoms with Crippen LogP contribution in [0.15, 0.2) is 54.1 Å². The van der Waals surface area contributed by atoms with Crippen molar-refractivity contribution >= 4 is 30.8 Å². The van der Waals surface area contributed by atoms with Crippen LogP contribution in [0.3, 0.4) is 0 Å². The minimum Gasteiger partial charge on any atom is -0.462 e. The minimum absolute atomic E-state index is 0.00306. The van der Waals surface area contributed by atoms with Gasteiger partial charge in [0.25, 0.3) is 5.56 Å². The molecule has 210 valence electrons. The van der Waals surface area contributed by atoms with Gasteiger partial charge < -0.3 is 29.9 Å². The van der Waals surface area contributed by atoms with Crippen LogP contribution in [0.5, 0.6) is 5.75 Å². The van der Waals surface area contributed by atoms with Crippen molar-refractivity contribution in [2.45, 2.75) is 44.0 Å². The van der Waals surface area contributed by atoms with E-state index >= 15 is 0 Å². The first kappa shape index (κ1) is 28.4. The van der Waals surface area contributed by atoms with Crippen molar-refractivity contribution in [3.63, 3.8) is 0 Å². The maximum Gasteiger partial charge on any atom is 0.459 e. The molecule has 1 fully saturated rings. The van der Waals surface area contributed by atoms with Crippen molar-refractivity contribution in [1.82, 2.24) is 24.6 Å². The number of carbonyl (C=O) groups excluding carboxylic acids is 1. The second-order valence-electron chi connectivity index (χ2n) is 8.93. The number of aliphatic hydroxyl groups excluding tert-OH is 2. The number of nitrogen functional groups attached to an aromatic ring is 1. The number of rotatable bonds is 11. The lowest BCUT2D eigenvalue weighted by Gasteiger charge is -2.30. The first-order chi connectivity index (χ1) is 18.5. The number of H-pyrrole nitrogens is 1. The van der Waals surface area contributed by atoms with Gasteiger partial charge in [0.2, 0.25) is 5.95 Å². The number of anilines is 1. The standard InChI is InChI=1S/C23H29N6O9P/c1-4-23(11-35-39(34,26-10-15(30)36-13(2)3)38-14-8-6-5-7-9-14)18(32)17(31)21(37-23)29-12-25-16-19(29)27-22(24)28-20(16)33/h4-9,12-13,17-18,21,31-32H,1,10-11H2,2-3H3,(H,26,34)(H3,24,27,28,33)/t17-,18+,21-,23-,39?/m1/s1. The van der Waals surface area contributed by atoms with Crippen LogP contribution in [0.2, 0.25) is 0 Å². The van der Waals surface area contributed by atoms with Gasteiger partial charge >= 0.3 is 13.7 Å². The SMILES string of the molecule is C=C[C@]1(COP(=O)(NCC(=O)OC(C)C)Oc2ccccc2)O[C@@H](n2cnc3c(=O)[nH]c(N)nc32)[C@H](O)[C@@H]1O. The third-order valence-electron chi connectivity index (χ3n) is 5.74. The van der Waals surface area contributed by atoms with E-state index in [4.69, 9.17) is 24.3 Å². The molecule has 1 saturated heterocycles. The van der Waals surface area contributed by atoms with E-state index in [0.717, 1.165) is 0 Å². The summed E-state index contributed by atoms with van der Waals surface area (Å²) < 4.78 is 37.1. The molecule has 6 N–H and O–H groups in total. The van der Waals surface area contributed by atoms with Crippen LogP contribution in [0, 0.1) is 0 Å². The number of aromatic amines is 1. The summed E-state index contributed by atoms with van der Waals surface area (Å²) in [5, 5.41) is 24.3. The predicted octanol–water partition coefficient (Wildman–Crippen LogP) is 0.622. The second-order valence-corrected chi connectivity index (χ2v) is 10.7. The monoisotopic (exact) mass is 564 g/mol. The first-order valence-corrected chi connectivity index (χ1v) is 13.3. The Hall–Kier alpha value is -3.59. The summed E-state index contributed by atoms with van der Waals surface area (Å²) in [4.78, 5) is 34.6. The summed E-state index contributed by atoms with van der Waals surface area (Å²) in [7, 11) is -4.29. The molecule has 0 aliphatic carbocycles. The summed E-state index contributed by atoms with van der Waals surface area (Å²) in [5.74, 6) is -0.727. The molecule has 5 atom stereocenters. The molecule has 0 saturated carbocycles. The Morgan fingerprint density at radius 1 is 1.38 bits per heavy atom. The Balaban J connectivity index is 1.58. The molecule has 1 aliphatic rings. The molecule has 0 radical (unpaired) electrons. The molecule has 0 spiro atoms. The highest BCUT2D eigenvalue weighted by atomic mass is 31.2. The van der Waals surface area contributed by atoms with Crippen molar-refractivity contribution < 1.29 is 38.1 Å². The third-order valence-corrected chi connectivity index (χ3v) is 7.21. The average Bonchev–Trinajstić information content (AvgIpc) is 3.41. The molecule has 1 aliphatic heterocycles. The van der Waals surface area contributed by atoms with Crippen molar-refractivity contribution in [2.75, 3.05) is 18.9 Å². The third kappa shape index (κ3) is 6.03. The van der Waals surface area contributed by atoms with Crippen LogP contribution in [-0.2, 0) is 23.4 Å². The molecule has 3 aromatic rings. The molecule has 3 heterocycles. The number of esters is 1. The quantitative estimate of drug-likeness (QED) is 0.123. The number of hydrogen-bond acceptors (Lipinski definition) is 12. The van der Waals surface area contributed by atoms with Crippen LogP contribution >= 0.6 is 7.75 Å². The van der Waals surface area contributed by atoms with E-state index < -0.39 is 62.6 Å². The highest BCUT2D eigenvalue weighted by Crippen LogP contribution is 2.47. The summed E-state index contributed by atoms with van der Waals surface area (Å²) in [6, 6.07) is 8.06. The smallest absolute Gasteiger partial charge is 0.459 e. The molecule has 0 amide bonds. The number of para-hydroxylation sites is 1. The number of nitrogens with zero attached hydrogens (tertiary/aromatic N) is 3. The lowest BCUT2D eigenvalue weighted by molar-refractivity contribution is -0.146. The topological polar surface area (TPSA) is 213 Å². The zero-order chi connectivity index (χ0) is 28.4. The average molecular weight is 564 g/mol. The lowest BCUT2D eigenvalue weighted by atomic mass is 9.96. The predicted molar refractivity (Wildman–Crippen MR) is 137 cm³/mol. The fourth-order valence-electron chi connectivity index (χ4n) is 3.88. The van der Waals surface area contributed by atoms with E-state index in [1.165, 1.54) is 29.1 Å². The number of aromatic nitrogens is 4. The van der Waals surface area contributed by atoms with Gasteiger partial charge in [-0.25, -0.2) is 14.6 Å². The molecule has 2 aromatic heterocycles. The minimum atomic E-state index is -4.29. The number of fused-ring (bicyclic) bond motifs is 1. The van der Waals surface area contributed by atoms with Crippen LogP contribution < -0.4 is 20.9 Å². The fourth-order valence-corrected chi connectivity index (χ4v) is 5.19. The maximum absolute atomic E-state index is 13.7. The van der Waals surface area contributed by atoms with Gasteiger partial charge in [-0.1, -0.05) is 24.3 Å². The molecule has 39 heavy (non-hydrogen) atoms. The molecular weight excluding hydrogens is 535 g/mol. The van der Waals surface area contributed by atoms with Crippen LogP contribution in [0.1, 0.15) is 20.1 Å². The Morgan fingerprint density at radius 3 is 2.77 bits per heavy atom. The van der Waals surface area contributed by atoms with Gasteiger partial charge in [0.05, 0.1) is 19.0 Å². The Labute approximate surface area is 222 Å². The normalized spacial score (nSPS) is 24.5. The first-order valence-electron chi connectivity index (χ1n) is 11.8. The number of carbonyl (C=O) groups is 1. The summed E-state index contributed by atoms with van der Waals surface area (Å²) in [5.41, 5.74) is 3.15. The number of imidazole rings is 1. The van der Waals surface area contributed by atoms with Crippen molar-refractivity contribution in [3.05, 3.63) is 59.7 Å². The zero-order valence-corrected chi connectivity index (χ0v) is 22.0. The van der Waals surface area contributed by atoms with Gasteiger partial charge in [-0.2, -0.15) is 4.98 Å². The molecule has 0 bridgehead atoms. The Bertz CT molecular complexity index is 1440. The van der Waals surface area contributed by atoms with Crippen molar-refractivity contribution in [2.24, 2.45) is 0 Å². The van der Waals surface area contributed by atoms with E-state index in [0.29, 0.717) is 0 Å². The number of nitrogens with two attached hydrogens (primary N) is 1. The maximum atomic E-state index is 13.7. The van der Waals surface area contributed by atoms with Gasteiger partial charge in [-0.05, 0) is 26.0 Å². The summed E-state index contributed by atoms with van der Waals surface area (Å²) in [6.45, 7) is 5.85. The number of benzene rings is 1. The van der Waals surface area contributed by atoms with Crippen LogP contribution in [-0.4, -0.2) is 72.8 Å². The largest absolute Gasteiger partial charge is 0.462 e. The highest BCUT2D eigenvalue weighted by molar-refractivity contribution is 7.52. The van der Waals surface area contributed by atoms with Crippen LogP contribution in [0.25, 0.3) is 11.2 Å². The molecule has 1 unspecified atom stereocenters. The van der Waals surface area contributed by atoms with Gasteiger partial charge in [0.15, 0.2) is 17.4 Å².